The summed E-state index contributed by atoms with van der Waals surface area (Å²) in [6.45, 7) is 9.58. The molecule has 0 saturated heterocycles. The van der Waals surface area contributed by atoms with Gasteiger partial charge in [-0.25, -0.2) is 0 Å². The van der Waals surface area contributed by atoms with Crippen molar-refractivity contribution in [3.05, 3.63) is 168 Å². The highest BCUT2D eigenvalue weighted by molar-refractivity contribution is 6.23. The van der Waals surface area contributed by atoms with Gasteiger partial charge in [-0.05, 0) is 111 Å². The van der Waals surface area contributed by atoms with Crippen molar-refractivity contribution in [1.82, 2.24) is 0 Å². The average molecular weight is 613 g/mol. The van der Waals surface area contributed by atoms with Crippen molar-refractivity contribution in [3.63, 3.8) is 0 Å². The summed E-state index contributed by atoms with van der Waals surface area (Å²) in [7, 11) is 0. The number of benzene rings is 8. The zero-order chi connectivity index (χ0) is 32.4. The van der Waals surface area contributed by atoms with Crippen LogP contribution in [0.3, 0.4) is 0 Å². The Labute approximate surface area is 282 Å². The highest BCUT2D eigenvalue weighted by atomic mass is 14.4. The molecule has 48 heavy (non-hydrogen) atoms. The Kier molecular flexibility index (Phi) is 5.50. The van der Waals surface area contributed by atoms with Crippen molar-refractivity contribution in [2.75, 3.05) is 0 Å². The SMILES string of the molecule is CC1(C)c2ccccc2-c2c(-c3c4ccccc4c(-c4cccc5c4C(C)(C)c4cc6ccccc6cc4-5)c4ccccc34)cccc21. The summed E-state index contributed by atoms with van der Waals surface area (Å²) in [5.41, 5.74) is 16.2. The molecule has 0 unspecified atom stereocenters. The fourth-order valence-electron chi connectivity index (χ4n) is 9.44. The van der Waals surface area contributed by atoms with Crippen LogP contribution in [-0.4, -0.2) is 0 Å². The highest BCUT2D eigenvalue weighted by Crippen LogP contribution is 2.57. The summed E-state index contributed by atoms with van der Waals surface area (Å²) in [5, 5.41) is 7.82. The van der Waals surface area contributed by atoms with Crippen molar-refractivity contribution >= 4 is 32.3 Å². The second-order valence-corrected chi connectivity index (χ2v) is 14.8. The minimum Gasteiger partial charge on any atom is -0.0619 e. The normalized spacial score (nSPS) is 15.0. The molecule has 0 nitrogen and oxygen atoms in total. The lowest BCUT2D eigenvalue weighted by Gasteiger charge is -2.27. The molecule has 0 radical (unpaired) electrons. The van der Waals surface area contributed by atoms with Gasteiger partial charge in [-0.15, -0.1) is 0 Å². The van der Waals surface area contributed by atoms with Crippen LogP contribution < -0.4 is 0 Å². The Morgan fingerprint density at radius 2 is 0.792 bits per heavy atom. The van der Waals surface area contributed by atoms with Crippen LogP contribution in [0.4, 0.5) is 0 Å². The molecule has 0 N–H and O–H groups in total. The van der Waals surface area contributed by atoms with Gasteiger partial charge in [0.2, 0.25) is 0 Å². The highest BCUT2D eigenvalue weighted by Gasteiger charge is 2.39. The van der Waals surface area contributed by atoms with E-state index in [9.17, 15) is 0 Å². The van der Waals surface area contributed by atoms with E-state index in [1.54, 1.807) is 0 Å². The first-order valence-electron chi connectivity index (χ1n) is 17.2. The van der Waals surface area contributed by atoms with E-state index in [2.05, 4.69) is 173 Å². The number of hydrogen-bond acceptors (Lipinski definition) is 0. The van der Waals surface area contributed by atoms with Gasteiger partial charge < -0.3 is 0 Å². The number of rotatable bonds is 2. The fraction of sp³-hybridized carbons (Fsp3) is 0.125. The van der Waals surface area contributed by atoms with Gasteiger partial charge in [0, 0.05) is 10.8 Å². The molecule has 0 aliphatic heterocycles. The van der Waals surface area contributed by atoms with Crippen molar-refractivity contribution in [2.45, 2.75) is 38.5 Å². The van der Waals surface area contributed by atoms with Gasteiger partial charge in [0.1, 0.15) is 0 Å². The smallest absolute Gasteiger partial charge is 0.0165 e. The van der Waals surface area contributed by atoms with E-state index in [-0.39, 0.29) is 10.8 Å². The van der Waals surface area contributed by atoms with Gasteiger partial charge in [0.05, 0.1) is 0 Å². The minimum atomic E-state index is -0.151. The first-order valence-corrected chi connectivity index (χ1v) is 17.2. The zero-order valence-electron chi connectivity index (χ0n) is 27.9. The van der Waals surface area contributed by atoms with Crippen molar-refractivity contribution in [1.29, 1.82) is 0 Å². The molecule has 0 amide bonds. The Morgan fingerprint density at radius 1 is 0.312 bits per heavy atom. The molecule has 10 rings (SSSR count). The molecular weight excluding hydrogens is 577 g/mol. The van der Waals surface area contributed by atoms with Gasteiger partial charge in [-0.2, -0.15) is 0 Å². The van der Waals surface area contributed by atoms with Crippen LogP contribution in [0.1, 0.15) is 49.9 Å². The van der Waals surface area contributed by atoms with Gasteiger partial charge in [0.15, 0.2) is 0 Å². The monoisotopic (exact) mass is 612 g/mol. The molecule has 8 aromatic carbocycles. The molecule has 8 aromatic rings. The van der Waals surface area contributed by atoms with E-state index < -0.39 is 0 Å². The van der Waals surface area contributed by atoms with Gasteiger partial charge in [0.25, 0.3) is 0 Å². The second kappa shape index (κ2) is 9.55. The van der Waals surface area contributed by atoms with Crippen molar-refractivity contribution < 1.29 is 0 Å². The Morgan fingerprint density at radius 3 is 1.48 bits per heavy atom. The van der Waals surface area contributed by atoms with Crippen LogP contribution in [0, 0.1) is 0 Å². The first-order chi connectivity index (χ1) is 23.4. The maximum absolute atomic E-state index is 2.43. The quantitative estimate of drug-likeness (QED) is 0.170. The number of fused-ring (bicyclic) bond motifs is 9. The van der Waals surface area contributed by atoms with Gasteiger partial charge in [-0.3, -0.25) is 0 Å². The van der Waals surface area contributed by atoms with Crippen LogP contribution in [0.25, 0.3) is 76.8 Å². The third-order valence-corrected chi connectivity index (χ3v) is 11.6. The molecule has 0 spiro atoms. The maximum atomic E-state index is 2.43. The molecule has 0 bridgehead atoms. The first kappa shape index (κ1) is 27.6. The van der Waals surface area contributed by atoms with E-state index in [4.69, 9.17) is 0 Å². The third kappa shape index (κ3) is 3.50. The molecular formula is C48H36. The van der Waals surface area contributed by atoms with Crippen LogP contribution in [0.5, 0.6) is 0 Å². The van der Waals surface area contributed by atoms with Gasteiger partial charge >= 0.3 is 0 Å². The third-order valence-electron chi connectivity index (χ3n) is 11.6. The summed E-state index contributed by atoms with van der Waals surface area (Å²) < 4.78 is 0. The molecule has 0 saturated carbocycles. The average Bonchev–Trinajstić information content (AvgIpc) is 3.49. The maximum Gasteiger partial charge on any atom is 0.0165 e. The molecule has 0 fully saturated rings. The molecule has 2 aliphatic rings. The summed E-state index contributed by atoms with van der Waals surface area (Å²) in [4.78, 5) is 0. The Bertz CT molecular complexity index is 2610. The van der Waals surface area contributed by atoms with Crippen molar-refractivity contribution in [3.8, 4) is 44.5 Å². The van der Waals surface area contributed by atoms with E-state index in [0.717, 1.165) is 0 Å². The number of hydrogen-bond donors (Lipinski definition) is 0. The molecule has 2 aliphatic carbocycles. The lowest BCUT2D eigenvalue weighted by Crippen LogP contribution is -2.16. The lowest BCUT2D eigenvalue weighted by atomic mass is 9.76. The van der Waals surface area contributed by atoms with E-state index in [1.807, 2.05) is 0 Å². The van der Waals surface area contributed by atoms with Crippen LogP contribution in [0.15, 0.2) is 146 Å². The Balaban J connectivity index is 1.31. The van der Waals surface area contributed by atoms with Crippen LogP contribution in [0.2, 0.25) is 0 Å². The van der Waals surface area contributed by atoms with E-state index in [0.29, 0.717) is 0 Å². The zero-order valence-corrected chi connectivity index (χ0v) is 27.9. The van der Waals surface area contributed by atoms with E-state index in [1.165, 1.54) is 99.1 Å². The summed E-state index contributed by atoms with van der Waals surface area (Å²) in [6.07, 6.45) is 0. The van der Waals surface area contributed by atoms with Crippen molar-refractivity contribution in [2.24, 2.45) is 0 Å². The molecule has 0 heteroatoms. The largest absolute Gasteiger partial charge is 0.0619 e. The summed E-state index contributed by atoms with van der Waals surface area (Å²) in [5.74, 6) is 0. The fourth-order valence-corrected chi connectivity index (χ4v) is 9.44. The molecule has 0 aromatic heterocycles. The predicted octanol–water partition coefficient (Wildman–Crippen LogP) is 13.1. The standard InChI is InChI=1S/C48H36/c1-47(2)40-25-12-11-21-36(40)45-37(23-14-26-41(45)47)43-31-17-7-9-19-33(31)44(34-20-10-8-18-32(34)43)38-24-13-22-35-39-27-29-15-5-6-16-30(29)28-42(39)48(3,4)46(35)38/h5-28H,1-4H3. The molecule has 0 heterocycles. The summed E-state index contributed by atoms with van der Waals surface area (Å²) >= 11 is 0. The topological polar surface area (TPSA) is 0 Å². The van der Waals surface area contributed by atoms with Crippen LogP contribution in [-0.2, 0) is 10.8 Å². The minimum absolute atomic E-state index is 0.0521. The van der Waals surface area contributed by atoms with E-state index >= 15 is 0 Å². The summed E-state index contributed by atoms with van der Waals surface area (Å²) in [6, 6.07) is 54.9. The van der Waals surface area contributed by atoms with Crippen LogP contribution >= 0.6 is 0 Å². The predicted molar refractivity (Wildman–Crippen MR) is 205 cm³/mol. The van der Waals surface area contributed by atoms with Gasteiger partial charge in [-0.1, -0.05) is 161 Å². The lowest BCUT2D eigenvalue weighted by molar-refractivity contribution is 0.660. The Hall–Kier alpha value is -5.46. The second-order valence-electron chi connectivity index (χ2n) is 14.8. The molecule has 0 atom stereocenters. The molecule has 228 valence electrons.